The number of amides is 14. The molecular formula is C56H96N23O16S4+3. The molecular weight excluding hydrogens is 1380 g/mol. The van der Waals surface area contributed by atoms with Gasteiger partial charge in [-0.25, -0.2) is 4.98 Å². The number of carbonyl (C=O) groups excluding carboxylic acids is 14. The zero-order valence-electron chi connectivity index (χ0n) is 55.4. The number of carbonyl (C=O) groups is 15. The SMILES string of the molecule is CC(C)C[C@H](NC(=O)[C@@H]1CSS[C@@H]2CSSC[C@H](NC(=O)CNC(=O)[C@H](CCC[NH+]=C(N)N)NC(=O)CNC(=O)[C@H](CC(C)C)NC(=O)[C@@H](NC(=O)C[NH3+])C2)C(=O)N[C@@H](CCC(=O)O)C(=O)N[C@@H](CC(N)=O)C(=O)N[C@@H](Cc2cnc[nH]2)C(=O)N[C@@H](CCC[NH+]=C(N)N)C(=O)N1)C(N)=O. The van der Waals surface area contributed by atoms with Gasteiger partial charge in [0.1, 0.15) is 60.4 Å². The predicted molar refractivity (Wildman–Crippen MR) is 364 cm³/mol. The third-order valence-electron chi connectivity index (χ3n) is 14.4. The summed E-state index contributed by atoms with van der Waals surface area (Å²) in [5, 5.41) is 39.3. The first kappa shape index (κ1) is 84.4. The van der Waals surface area contributed by atoms with Crippen molar-refractivity contribution in [3.63, 3.8) is 0 Å². The molecule has 0 unspecified atom stereocenters. The van der Waals surface area contributed by atoms with Crippen molar-refractivity contribution in [3.8, 4) is 0 Å². The summed E-state index contributed by atoms with van der Waals surface area (Å²) in [6.45, 7) is 5.29. The fraction of sp³-hybridized carbons (Fsp3) is 0.643. The van der Waals surface area contributed by atoms with Gasteiger partial charge in [-0.05, 0) is 63.2 Å². The molecule has 31 N–H and O–H groups in total. The number of aromatic amines is 1. The van der Waals surface area contributed by atoms with Crippen LogP contribution in [-0.4, -0.2) is 231 Å². The Balaban J connectivity index is 2.40. The monoisotopic (exact) mass is 1470 g/mol. The number of imidazole rings is 1. The largest absolute Gasteiger partial charge is 0.481 e. The van der Waals surface area contributed by atoms with Crippen molar-refractivity contribution in [1.29, 1.82) is 0 Å². The van der Waals surface area contributed by atoms with Crippen molar-refractivity contribution in [2.24, 2.45) is 46.2 Å². The van der Waals surface area contributed by atoms with Gasteiger partial charge in [-0.2, -0.15) is 0 Å². The molecule has 0 radical (unpaired) electrons. The molecule has 1 aromatic rings. The van der Waals surface area contributed by atoms with E-state index in [2.05, 4.69) is 89.5 Å². The van der Waals surface area contributed by atoms with E-state index in [1.54, 1.807) is 27.7 Å². The number of rotatable bonds is 24. The van der Waals surface area contributed by atoms with Gasteiger partial charge in [0, 0.05) is 47.2 Å². The number of aliphatic carboxylic acids is 1. The van der Waals surface area contributed by atoms with E-state index >= 15 is 0 Å². The molecule has 11 atom stereocenters. The summed E-state index contributed by atoms with van der Waals surface area (Å²) in [6.07, 6.45) is -0.497. The van der Waals surface area contributed by atoms with Crippen LogP contribution in [0, 0.1) is 11.8 Å². The Morgan fingerprint density at radius 2 is 1.16 bits per heavy atom. The summed E-state index contributed by atoms with van der Waals surface area (Å²) in [4.78, 5) is 221. The first-order valence-corrected chi connectivity index (χ1v) is 36.5. The smallest absolute Gasteiger partial charge is 0.338 e. The van der Waals surface area contributed by atoms with Crippen LogP contribution in [0.3, 0.4) is 0 Å². The molecule has 3 heterocycles. The van der Waals surface area contributed by atoms with Crippen LogP contribution < -0.4 is 114 Å². The normalized spacial score (nSPS) is 23.9. The molecule has 43 heteroatoms. The number of hydrogen-bond donors (Lipinski definition) is 23. The van der Waals surface area contributed by atoms with Gasteiger partial charge in [-0.15, -0.1) is 0 Å². The number of carboxylic acids is 1. The molecule has 2 saturated heterocycles. The van der Waals surface area contributed by atoms with Crippen molar-refractivity contribution in [2.75, 3.05) is 50.0 Å². The zero-order chi connectivity index (χ0) is 73.9. The number of guanidine groups is 2. The van der Waals surface area contributed by atoms with Gasteiger partial charge in [0.2, 0.25) is 76.8 Å². The van der Waals surface area contributed by atoms with Crippen LogP contribution in [0.2, 0.25) is 0 Å². The number of nitrogens with zero attached hydrogens (tertiary/aromatic N) is 1. The molecule has 0 saturated carbocycles. The maximum Gasteiger partial charge on any atom is 0.338 e. The van der Waals surface area contributed by atoms with E-state index < -0.39 is 193 Å². The van der Waals surface area contributed by atoms with Gasteiger partial charge >= 0.3 is 17.9 Å². The molecule has 14 amide bonds. The minimum absolute atomic E-state index is 0.0142. The maximum atomic E-state index is 14.8. The van der Waals surface area contributed by atoms with Gasteiger partial charge in [0.25, 0.3) is 5.91 Å². The Hall–Kier alpha value is -8.84. The molecule has 552 valence electrons. The van der Waals surface area contributed by atoms with Gasteiger partial charge in [0.05, 0.1) is 38.9 Å². The molecule has 2 aliphatic rings. The average molecular weight is 1480 g/mol. The molecule has 2 fully saturated rings. The summed E-state index contributed by atoms with van der Waals surface area (Å²) in [6, 6.07) is -15.7. The minimum Gasteiger partial charge on any atom is -0.481 e. The first-order chi connectivity index (χ1) is 46.7. The predicted octanol–water partition coefficient (Wildman–Crippen LogP) is -12.6. The number of nitrogens with one attached hydrogen (secondary N) is 15. The molecule has 0 aliphatic carbocycles. The fourth-order valence-electron chi connectivity index (χ4n) is 9.49. The number of fused-ring (bicyclic) bond motifs is 5. The lowest BCUT2D eigenvalue weighted by Gasteiger charge is -2.28. The van der Waals surface area contributed by atoms with Crippen molar-refractivity contribution in [3.05, 3.63) is 18.2 Å². The van der Waals surface area contributed by atoms with E-state index in [0.717, 1.165) is 43.2 Å². The highest BCUT2D eigenvalue weighted by Gasteiger charge is 2.37. The molecule has 1 aromatic heterocycles. The molecule has 2 bridgehead atoms. The summed E-state index contributed by atoms with van der Waals surface area (Å²) in [5.41, 5.74) is 37.6. The second-order valence-electron chi connectivity index (χ2n) is 23.9. The lowest BCUT2D eigenvalue weighted by Crippen LogP contribution is -2.78. The Kier molecular flexibility index (Phi) is 37.7. The number of nitrogens with two attached hydrogens (primary N) is 6. The van der Waals surface area contributed by atoms with E-state index in [9.17, 15) is 77.0 Å². The van der Waals surface area contributed by atoms with Crippen LogP contribution in [0.1, 0.15) is 97.6 Å². The maximum absolute atomic E-state index is 14.8. The Morgan fingerprint density at radius 3 is 1.73 bits per heavy atom. The summed E-state index contributed by atoms with van der Waals surface area (Å²) in [5.74, 6) is -16.8. The first-order valence-electron chi connectivity index (χ1n) is 31.6. The van der Waals surface area contributed by atoms with Gasteiger partial charge in [-0.1, -0.05) is 70.9 Å². The van der Waals surface area contributed by atoms with Crippen molar-refractivity contribution < 1.29 is 92.7 Å². The average Bonchev–Trinajstić information content (AvgIpc) is 1.28. The number of quaternary nitrogens is 1. The van der Waals surface area contributed by atoms with Crippen LogP contribution in [0.5, 0.6) is 0 Å². The number of hydrogen-bond acceptors (Lipinski definition) is 20. The number of aromatic nitrogens is 2. The lowest BCUT2D eigenvalue weighted by atomic mass is 10.0. The van der Waals surface area contributed by atoms with Gasteiger partial charge in [0.15, 0.2) is 6.54 Å². The lowest BCUT2D eigenvalue weighted by molar-refractivity contribution is -0.460. The van der Waals surface area contributed by atoms with Crippen LogP contribution in [0.15, 0.2) is 12.5 Å². The summed E-state index contributed by atoms with van der Waals surface area (Å²) in [7, 11) is 4.01. The van der Waals surface area contributed by atoms with E-state index in [-0.39, 0.29) is 111 Å². The minimum atomic E-state index is -1.96. The van der Waals surface area contributed by atoms with Crippen molar-refractivity contribution in [1.82, 2.24) is 73.8 Å². The summed E-state index contributed by atoms with van der Waals surface area (Å²) < 4.78 is 0. The summed E-state index contributed by atoms with van der Waals surface area (Å²) >= 11 is 0. The fourth-order valence-corrected chi connectivity index (χ4v) is 15.4. The van der Waals surface area contributed by atoms with Crippen LogP contribution in [0.4, 0.5) is 0 Å². The van der Waals surface area contributed by atoms with Gasteiger partial charge < -0.3 is 91.1 Å². The molecule has 2 aliphatic heterocycles. The Morgan fingerprint density at radius 1 is 0.626 bits per heavy atom. The topological polar surface area (TPSA) is 661 Å². The second-order valence-corrected chi connectivity index (χ2v) is 29.1. The molecule has 99 heavy (non-hydrogen) atoms. The molecule has 3 rings (SSSR count). The Bertz CT molecular complexity index is 3030. The molecule has 39 nitrogen and oxygen atoms in total. The zero-order valence-corrected chi connectivity index (χ0v) is 58.7. The Labute approximate surface area is 585 Å². The number of H-pyrrole nitrogens is 1. The number of carboxylic acid groups (broad SMARTS) is 1. The molecule has 0 aromatic carbocycles. The van der Waals surface area contributed by atoms with E-state index in [1.165, 1.54) is 12.5 Å². The third kappa shape index (κ3) is 33.5. The quantitative estimate of drug-likeness (QED) is 0.0198. The number of primary amides is 2. The second kappa shape index (κ2) is 44.2. The highest BCUT2D eigenvalue weighted by Crippen LogP contribution is 2.36. The van der Waals surface area contributed by atoms with Crippen molar-refractivity contribution in [2.45, 2.75) is 164 Å². The van der Waals surface area contributed by atoms with Crippen molar-refractivity contribution >= 4 is 144 Å². The van der Waals surface area contributed by atoms with E-state index in [4.69, 9.17) is 34.4 Å². The highest BCUT2D eigenvalue weighted by atomic mass is 33.1. The highest BCUT2D eigenvalue weighted by molar-refractivity contribution is 8.78. The standard InChI is InChI=1S/C56H93N23O16S4/c1-26(2)13-33(45(59)86)75-54(95)39-24-98-99-29-16-36(71-41(81)18-57)51(92)76-34(14-27(3)4)47(88)68-20-42(82)70-30(7-5-11-65-55(60)61)46(87)67-21-43(83)72-38(23-97-96-22-29)53(94)74-32(9-10-44(84)85)49(90)78-37(17-40(58)80)52(93)77-35(15-28-19-64-25-69-28)50(91)73-31(48(89)79-39)8-6-12-66-56(62)63/h19,25-27,29-39H,5-18,20-24,57H2,1-4H3,(H2,58,80)(H2,59,86)(H,64,69)(H,67,87)(H,68,88)(H,70,82)(H,71,81)(H,72,83)(H,73,91)(H,74,94)(H,75,95)(H,76,92)(H,77,93)(H,78,90)(H,79,89)(H,84,85)(H4,60,61,65)(H4,62,63,66)/p+3/t29-,30-,31-,32-,33-,34-,35-,36-,37-,38-,39-/m0/s1. The molecule has 0 spiro atoms. The van der Waals surface area contributed by atoms with E-state index in [1.807, 2.05) is 0 Å². The van der Waals surface area contributed by atoms with Gasteiger partial charge in [-0.3, -0.25) is 105 Å². The van der Waals surface area contributed by atoms with Crippen LogP contribution in [-0.2, 0) is 78.3 Å². The third-order valence-corrected chi connectivity index (χ3v) is 20.0. The van der Waals surface area contributed by atoms with E-state index in [0.29, 0.717) is 0 Å². The van der Waals surface area contributed by atoms with Crippen LogP contribution in [0.25, 0.3) is 0 Å². The van der Waals surface area contributed by atoms with Crippen LogP contribution >= 0.6 is 43.2 Å².